The molecule has 3 heterocycles. The highest BCUT2D eigenvalue weighted by Crippen LogP contribution is 2.46. The van der Waals surface area contributed by atoms with Crippen molar-refractivity contribution in [3.05, 3.63) is 71.9 Å². The maximum atomic E-state index is 12.9. The number of benzene rings is 4. The lowest BCUT2D eigenvalue weighted by Crippen LogP contribution is -3.00. The number of Topliss-reactive ketones (excluding diaryl/α,β-unsaturated/α-hetero) is 1. The number of carbonyl (C=O) groups excluding carboxylic acids is 1. The molecule has 0 bridgehead atoms. The largest absolute Gasteiger partial charge is 1.00 e. The van der Waals surface area contributed by atoms with Gasteiger partial charge in [-0.15, -0.1) is 13.2 Å². The molecule has 0 fully saturated rings. The topological polar surface area (TPSA) is 67.1 Å². The maximum absolute atomic E-state index is 12.9. The van der Waals surface area contributed by atoms with E-state index >= 15 is 0 Å². The van der Waals surface area contributed by atoms with E-state index in [-0.39, 0.29) is 29.3 Å². The van der Waals surface area contributed by atoms with Gasteiger partial charge in [-0.1, -0.05) is 12.1 Å². The van der Waals surface area contributed by atoms with Crippen LogP contribution in [0.15, 0.2) is 60.8 Å². The fourth-order valence-electron chi connectivity index (χ4n) is 5.63. The Labute approximate surface area is 241 Å². The second kappa shape index (κ2) is 9.99. The number of nitrogens with zero attached hydrogens (tertiary/aromatic N) is 1. The molecule has 11 heteroatoms. The van der Waals surface area contributed by atoms with Crippen molar-refractivity contribution in [2.75, 3.05) is 20.5 Å². The molecule has 1 aromatic heterocycles. The van der Waals surface area contributed by atoms with Gasteiger partial charge in [0.25, 0.3) is 0 Å². The number of carbonyl (C=O) groups is 1. The zero-order valence-corrected chi connectivity index (χ0v) is 23.1. The molecule has 0 atom stereocenters. The molecule has 0 unspecified atom stereocenters. The molecule has 0 saturated heterocycles. The highest BCUT2D eigenvalue weighted by Gasteiger charge is 2.32. The van der Waals surface area contributed by atoms with Gasteiger partial charge in [-0.3, -0.25) is 4.79 Å². The highest BCUT2D eigenvalue weighted by atomic mass is 79.9. The molecule has 0 radical (unpaired) electrons. The van der Waals surface area contributed by atoms with Crippen molar-refractivity contribution < 1.29 is 63.2 Å². The summed E-state index contributed by atoms with van der Waals surface area (Å²) in [4.78, 5) is 12.9. The summed E-state index contributed by atoms with van der Waals surface area (Å²) in [6, 6.07) is 14.8. The third-order valence-corrected chi connectivity index (χ3v) is 7.29. The van der Waals surface area contributed by atoms with Crippen molar-refractivity contribution >= 4 is 38.2 Å². The second-order valence-electron chi connectivity index (χ2n) is 9.57. The SMILES string of the molecule is COc1ccc2c(c[n+]3c4c2ccc2c5c(cc(c24)CC3)OCO5)c1OCC(=O)c1cccc(OC(F)(F)F)c1.[Br-]. The molecule has 7 rings (SSSR count). The van der Waals surface area contributed by atoms with Crippen LogP contribution in [0.25, 0.3) is 32.4 Å². The summed E-state index contributed by atoms with van der Waals surface area (Å²) in [6.45, 7) is 0.511. The van der Waals surface area contributed by atoms with Crippen molar-refractivity contribution in [3.63, 3.8) is 0 Å². The number of alkyl halides is 3. The highest BCUT2D eigenvalue weighted by molar-refractivity contribution is 6.17. The third kappa shape index (κ3) is 4.54. The van der Waals surface area contributed by atoms with Crippen LogP contribution in [0.4, 0.5) is 13.2 Å². The summed E-state index contributed by atoms with van der Waals surface area (Å²) in [6.07, 6.45) is -2.07. The monoisotopic (exact) mass is 627 g/mol. The molecule has 0 amide bonds. The Bertz CT molecular complexity index is 1870. The Morgan fingerprint density at radius 1 is 1.00 bits per heavy atom. The van der Waals surface area contributed by atoms with Gasteiger partial charge in [-0.25, -0.2) is 0 Å². The Hall–Kier alpha value is -4.25. The predicted octanol–water partition coefficient (Wildman–Crippen LogP) is 2.89. The van der Waals surface area contributed by atoms with E-state index in [1.165, 1.54) is 24.8 Å². The van der Waals surface area contributed by atoms with E-state index in [9.17, 15) is 18.0 Å². The Balaban J connectivity index is 0.00000302. The smallest absolute Gasteiger partial charge is 0.573 e. The number of pyridine rings is 1. The molecular weight excluding hydrogens is 607 g/mol. The molecule has 0 saturated carbocycles. The molecule has 2 aliphatic rings. The minimum absolute atomic E-state index is 0. The molecule has 0 spiro atoms. The van der Waals surface area contributed by atoms with Crippen molar-refractivity contribution in [2.24, 2.45) is 0 Å². The summed E-state index contributed by atoms with van der Waals surface area (Å²) < 4.78 is 67.0. The van der Waals surface area contributed by atoms with E-state index in [2.05, 4.69) is 15.4 Å². The number of hydrogen-bond acceptors (Lipinski definition) is 6. The first-order chi connectivity index (χ1) is 19.3. The normalized spacial score (nSPS) is 13.5. The number of ether oxygens (including phenoxy) is 5. The van der Waals surface area contributed by atoms with E-state index < -0.39 is 24.5 Å². The lowest BCUT2D eigenvalue weighted by Gasteiger charge is -2.18. The predicted molar refractivity (Wildman–Crippen MR) is 138 cm³/mol. The van der Waals surface area contributed by atoms with Crippen molar-refractivity contribution in [3.8, 4) is 28.7 Å². The van der Waals surface area contributed by atoms with Crippen LogP contribution in [-0.2, 0) is 13.0 Å². The molecule has 7 nitrogen and oxygen atoms in total. The van der Waals surface area contributed by atoms with Crippen LogP contribution in [0.5, 0.6) is 28.7 Å². The van der Waals surface area contributed by atoms with E-state index in [0.717, 1.165) is 69.0 Å². The van der Waals surface area contributed by atoms with Crippen LogP contribution in [-0.4, -0.2) is 32.7 Å². The lowest BCUT2D eigenvalue weighted by atomic mass is 9.93. The number of fused-ring (bicyclic) bond motifs is 4. The van der Waals surface area contributed by atoms with Crippen LogP contribution in [0, 0.1) is 0 Å². The van der Waals surface area contributed by atoms with Gasteiger partial charge in [0.2, 0.25) is 12.3 Å². The Morgan fingerprint density at radius 2 is 1.80 bits per heavy atom. The number of halogens is 4. The summed E-state index contributed by atoms with van der Waals surface area (Å²) in [5.74, 6) is 1.33. The van der Waals surface area contributed by atoms with Gasteiger partial charge in [0.05, 0.1) is 23.3 Å². The zero-order chi connectivity index (χ0) is 27.6. The number of aryl methyl sites for hydroxylation is 2. The maximum Gasteiger partial charge on any atom is 0.573 e. The molecular formula is C30H21BrF3NO6. The van der Waals surface area contributed by atoms with Gasteiger partial charge in [0, 0.05) is 22.8 Å². The zero-order valence-electron chi connectivity index (χ0n) is 21.5. The van der Waals surface area contributed by atoms with Gasteiger partial charge in [0.1, 0.15) is 5.75 Å². The first-order valence-corrected chi connectivity index (χ1v) is 12.5. The Morgan fingerprint density at radius 3 is 2.61 bits per heavy atom. The molecule has 210 valence electrons. The van der Waals surface area contributed by atoms with E-state index in [1.54, 1.807) is 6.07 Å². The van der Waals surface area contributed by atoms with Gasteiger partial charge in [0.15, 0.2) is 48.1 Å². The fraction of sp³-hybridized carbons (Fsp3) is 0.200. The fourth-order valence-corrected chi connectivity index (χ4v) is 5.63. The number of methoxy groups -OCH3 is 1. The van der Waals surface area contributed by atoms with Gasteiger partial charge in [-0.2, -0.15) is 4.57 Å². The third-order valence-electron chi connectivity index (χ3n) is 7.29. The average molecular weight is 628 g/mol. The molecule has 0 N–H and O–H groups in total. The first kappa shape index (κ1) is 26.9. The van der Waals surface area contributed by atoms with Crippen LogP contribution >= 0.6 is 0 Å². The molecule has 41 heavy (non-hydrogen) atoms. The molecule has 0 aliphatic carbocycles. The summed E-state index contributed by atoms with van der Waals surface area (Å²) in [5, 5.41) is 4.77. The Kier molecular flexibility index (Phi) is 6.56. The van der Waals surface area contributed by atoms with Gasteiger partial charge >= 0.3 is 6.36 Å². The van der Waals surface area contributed by atoms with Gasteiger partial charge < -0.3 is 40.7 Å². The first-order valence-electron chi connectivity index (χ1n) is 12.5. The number of aromatic nitrogens is 1. The number of hydrogen-bond donors (Lipinski definition) is 0. The van der Waals surface area contributed by atoms with Gasteiger partial charge in [-0.05, 0) is 48.0 Å². The average Bonchev–Trinajstić information content (AvgIpc) is 3.41. The van der Waals surface area contributed by atoms with Crippen LogP contribution in [0.1, 0.15) is 15.9 Å². The van der Waals surface area contributed by atoms with E-state index in [0.29, 0.717) is 11.5 Å². The minimum atomic E-state index is -4.86. The summed E-state index contributed by atoms with van der Waals surface area (Å²) >= 11 is 0. The lowest BCUT2D eigenvalue weighted by molar-refractivity contribution is -0.670. The number of rotatable bonds is 6. The van der Waals surface area contributed by atoms with Crippen molar-refractivity contribution in [1.29, 1.82) is 0 Å². The van der Waals surface area contributed by atoms with Crippen molar-refractivity contribution in [2.45, 2.75) is 19.3 Å². The molecule has 2 aliphatic heterocycles. The summed E-state index contributed by atoms with van der Waals surface area (Å²) in [7, 11) is 1.51. The van der Waals surface area contributed by atoms with Crippen molar-refractivity contribution in [1.82, 2.24) is 0 Å². The van der Waals surface area contributed by atoms with Crippen LogP contribution in [0.2, 0.25) is 0 Å². The van der Waals surface area contributed by atoms with Crippen LogP contribution in [0.3, 0.4) is 0 Å². The number of ketones is 1. The van der Waals surface area contributed by atoms with Crippen LogP contribution < -0.4 is 45.2 Å². The standard InChI is InChI=1S/C30H21F3NO6.BrH/c1-36-24-8-7-19-20-5-6-21-26-17(12-25-28(21)39-15-38-25)9-10-34(27(20)26)13-22(19)29(24)37-14-23(35)16-3-2-4-18(11-16)40-30(31,32)33;/h2-8,11-13H,9-10,14-15H2,1H3;1H/q+1;/p-1. The second-order valence-corrected chi connectivity index (χ2v) is 9.57. The van der Waals surface area contributed by atoms with E-state index in [1.807, 2.05) is 24.4 Å². The molecule has 4 aromatic carbocycles. The molecule has 5 aromatic rings. The quantitative estimate of drug-likeness (QED) is 0.164. The minimum Gasteiger partial charge on any atom is -1.00 e. The van der Waals surface area contributed by atoms with E-state index in [4.69, 9.17) is 18.9 Å². The summed E-state index contributed by atoms with van der Waals surface area (Å²) in [5.41, 5.74) is 2.29.